The monoisotopic (exact) mass is 541 g/mol. The van der Waals surface area contributed by atoms with E-state index in [2.05, 4.69) is 65.1 Å². The molecule has 4 rings (SSSR count). The number of hydrogen-bond acceptors (Lipinski definition) is 4. The fourth-order valence-corrected chi connectivity index (χ4v) is 5.69. The largest absolute Gasteiger partial charge is 0.382 e. The molecule has 5 nitrogen and oxygen atoms in total. The van der Waals surface area contributed by atoms with E-state index in [1.54, 1.807) is 0 Å². The molecule has 216 valence electrons. The Balaban J connectivity index is 1.26. The molecule has 2 aromatic carbocycles. The molecule has 0 unspecified atom stereocenters. The Bertz CT molecular complexity index is 1290. The van der Waals surface area contributed by atoms with Gasteiger partial charge in [-0.15, -0.1) is 0 Å². The fourth-order valence-electron chi connectivity index (χ4n) is 5.69. The second-order valence-corrected chi connectivity index (χ2v) is 11.5. The van der Waals surface area contributed by atoms with Gasteiger partial charge in [0.25, 0.3) is 0 Å². The molecule has 2 aromatic heterocycles. The third-order valence-electron chi connectivity index (χ3n) is 8.09. The number of aromatic nitrogens is 3. The molecule has 4 aromatic rings. The van der Waals surface area contributed by atoms with Crippen LogP contribution in [0.3, 0.4) is 0 Å². The molecule has 0 amide bonds. The number of benzene rings is 2. The van der Waals surface area contributed by atoms with Crippen molar-refractivity contribution in [3.63, 3.8) is 0 Å². The second kappa shape index (κ2) is 16.4. The van der Waals surface area contributed by atoms with Gasteiger partial charge in [0.2, 0.25) is 0 Å². The number of imidazole rings is 1. The van der Waals surface area contributed by atoms with Gasteiger partial charge in [0.1, 0.15) is 11.3 Å². The van der Waals surface area contributed by atoms with Crippen molar-refractivity contribution >= 4 is 27.8 Å². The molecule has 0 bridgehead atoms. The summed E-state index contributed by atoms with van der Waals surface area (Å²) in [7, 11) is 0. The fraction of sp³-hybridized carbons (Fsp3) is 0.543. The highest BCUT2D eigenvalue weighted by atomic mass is 15.1. The quantitative estimate of drug-likeness (QED) is 0.116. The summed E-state index contributed by atoms with van der Waals surface area (Å²) in [5, 5.41) is 4.76. The molecule has 3 N–H and O–H groups in total. The Hall–Kier alpha value is -2.92. The number of fused-ring (bicyclic) bond motifs is 3. The van der Waals surface area contributed by atoms with Crippen LogP contribution in [0.15, 0.2) is 48.5 Å². The second-order valence-electron chi connectivity index (χ2n) is 11.5. The maximum Gasteiger partial charge on any atom is 0.152 e. The molecule has 2 heterocycles. The van der Waals surface area contributed by atoms with E-state index < -0.39 is 0 Å². The lowest BCUT2D eigenvalue weighted by Crippen LogP contribution is -2.14. The van der Waals surface area contributed by atoms with Gasteiger partial charge < -0.3 is 15.6 Å². The van der Waals surface area contributed by atoms with Gasteiger partial charge in [0.05, 0.1) is 11.0 Å². The van der Waals surface area contributed by atoms with Gasteiger partial charge in [-0.2, -0.15) is 0 Å². The molecule has 0 aliphatic heterocycles. The van der Waals surface area contributed by atoms with Gasteiger partial charge in [0.15, 0.2) is 5.82 Å². The molecule has 0 aliphatic carbocycles. The van der Waals surface area contributed by atoms with E-state index in [4.69, 9.17) is 10.7 Å². The molecule has 0 fully saturated rings. The number of anilines is 1. The molecular weight excluding hydrogens is 490 g/mol. The maximum atomic E-state index is 6.38. The topological polar surface area (TPSA) is 68.8 Å². The van der Waals surface area contributed by atoms with Crippen molar-refractivity contribution in [3.8, 4) is 0 Å². The van der Waals surface area contributed by atoms with E-state index in [0.29, 0.717) is 5.82 Å². The van der Waals surface area contributed by atoms with E-state index >= 15 is 0 Å². The lowest BCUT2D eigenvalue weighted by molar-refractivity contribution is 0.539. The molecule has 0 aliphatic rings. The van der Waals surface area contributed by atoms with Crippen LogP contribution in [0.1, 0.15) is 114 Å². The summed E-state index contributed by atoms with van der Waals surface area (Å²) in [5.74, 6) is 1.61. The number of hydrogen-bond donors (Lipinski definition) is 2. The zero-order valence-electron chi connectivity index (χ0n) is 25.1. The van der Waals surface area contributed by atoms with Gasteiger partial charge in [-0.05, 0) is 36.6 Å². The Morgan fingerprint density at radius 2 is 1.32 bits per heavy atom. The van der Waals surface area contributed by atoms with Crippen LogP contribution in [-0.4, -0.2) is 21.1 Å². The Labute approximate surface area is 242 Å². The number of nitrogens with two attached hydrogens (primary N) is 1. The predicted molar refractivity (Wildman–Crippen MR) is 172 cm³/mol. The number of para-hydroxylation sites is 1. The Kier molecular flexibility index (Phi) is 12.3. The van der Waals surface area contributed by atoms with Crippen LogP contribution in [-0.2, 0) is 19.5 Å². The van der Waals surface area contributed by atoms with Gasteiger partial charge in [-0.25, -0.2) is 9.97 Å². The average Bonchev–Trinajstić information content (AvgIpc) is 3.34. The molecule has 0 saturated heterocycles. The lowest BCUT2D eigenvalue weighted by atomic mass is 10.1. The summed E-state index contributed by atoms with van der Waals surface area (Å²) in [4.78, 5) is 9.61. The van der Waals surface area contributed by atoms with Crippen LogP contribution in [0.25, 0.3) is 21.9 Å². The van der Waals surface area contributed by atoms with Gasteiger partial charge in [0, 0.05) is 24.9 Å². The minimum atomic E-state index is 0.518. The smallest absolute Gasteiger partial charge is 0.152 e. The SMILES string of the molecule is CCCCCCCCCCCCCNCc1ccc(Cn2c(CCCC)nc3c(N)nc4ccccc4c32)cc1. The van der Waals surface area contributed by atoms with E-state index in [0.717, 1.165) is 66.7 Å². The lowest BCUT2D eigenvalue weighted by Gasteiger charge is -2.12. The minimum Gasteiger partial charge on any atom is -0.382 e. The first kappa shape index (κ1) is 30.0. The zero-order chi connectivity index (χ0) is 28.0. The van der Waals surface area contributed by atoms with Crippen molar-refractivity contribution in [2.24, 2.45) is 0 Å². The molecule has 0 saturated carbocycles. The average molecular weight is 542 g/mol. The summed E-state index contributed by atoms with van der Waals surface area (Å²) in [6.45, 7) is 7.33. The van der Waals surface area contributed by atoms with Crippen LogP contribution in [0, 0.1) is 0 Å². The Morgan fingerprint density at radius 3 is 2.02 bits per heavy atom. The minimum absolute atomic E-state index is 0.518. The molecule has 0 atom stereocenters. The van der Waals surface area contributed by atoms with Crippen molar-refractivity contribution < 1.29 is 0 Å². The first-order chi connectivity index (χ1) is 19.7. The first-order valence-electron chi connectivity index (χ1n) is 16.0. The third kappa shape index (κ3) is 8.54. The first-order valence-corrected chi connectivity index (χ1v) is 16.0. The zero-order valence-corrected chi connectivity index (χ0v) is 25.1. The standard InChI is InChI=1S/C35H51N5/c1-3-5-7-8-9-10-11-12-13-14-17-25-37-26-28-21-23-29(24-22-28)27-40-32(20-6-4-2)39-33-34(40)30-18-15-16-19-31(30)38-35(33)36/h15-16,18-19,21-24,37H,3-14,17,20,25-27H2,1-2H3,(H2,36,38). The summed E-state index contributed by atoms with van der Waals surface area (Å²) in [5.41, 5.74) is 11.9. The van der Waals surface area contributed by atoms with Crippen LogP contribution in [0.2, 0.25) is 0 Å². The van der Waals surface area contributed by atoms with Gasteiger partial charge >= 0.3 is 0 Å². The highest BCUT2D eigenvalue weighted by Gasteiger charge is 2.17. The van der Waals surface area contributed by atoms with Crippen molar-refractivity contribution in [2.75, 3.05) is 12.3 Å². The van der Waals surface area contributed by atoms with Gasteiger partial charge in [-0.3, -0.25) is 0 Å². The van der Waals surface area contributed by atoms with E-state index in [9.17, 15) is 0 Å². The molecule has 40 heavy (non-hydrogen) atoms. The summed E-state index contributed by atoms with van der Waals surface area (Å²) in [6.07, 6.45) is 18.5. The number of nitrogens with one attached hydrogen (secondary N) is 1. The number of nitrogen functional groups attached to an aromatic ring is 1. The molecular formula is C35H51N5. The Morgan fingerprint density at radius 1 is 0.700 bits per heavy atom. The van der Waals surface area contributed by atoms with Crippen molar-refractivity contribution in [1.29, 1.82) is 0 Å². The number of pyridine rings is 1. The molecule has 0 radical (unpaired) electrons. The van der Waals surface area contributed by atoms with E-state index in [1.807, 2.05) is 12.1 Å². The van der Waals surface area contributed by atoms with Crippen LogP contribution < -0.4 is 11.1 Å². The number of aryl methyl sites for hydroxylation is 1. The third-order valence-corrected chi connectivity index (χ3v) is 8.09. The number of unbranched alkanes of at least 4 members (excludes halogenated alkanes) is 11. The van der Waals surface area contributed by atoms with Crippen molar-refractivity contribution in [1.82, 2.24) is 19.9 Å². The highest BCUT2D eigenvalue weighted by Crippen LogP contribution is 2.30. The molecule has 5 heteroatoms. The van der Waals surface area contributed by atoms with Gasteiger partial charge in [-0.1, -0.05) is 127 Å². The highest BCUT2D eigenvalue weighted by molar-refractivity contribution is 6.06. The van der Waals surface area contributed by atoms with Crippen LogP contribution >= 0.6 is 0 Å². The van der Waals surface area contributed by atoms with E-state index in [1.165, 1.54) is 81.8 Å². The maximum absolute atomic E-state index is 6.38. The number of rotatable bonds is 19. The predicted octanol–water partition coefficient (Wildman–Crippen LogP) is 8.96. The van der Waals surface area contributed by atoms with Crippen molar-refractivity contribution in [3.05, 3.63) is 65.5 Å². The van der Waals surface area contributed by atoms with E-state index in [-0.39, 0.29) is 0 Å². The van der Waals surface area contributed by atoms with Crippen molar-refractivity contribution in [2.45, 2.75) is 117 Å². The normalized spacial score (nSPS) is 11.7. The summed E-state index contributed by atoms with van der Waals surface area (Å²) < 4.78 is 2.37. The summed E-state index contributed by atoms with van der Waals surface area (Å²) >= 11 is 0. The van der Waals surface area contributed by atoms with Crippen LogP contribution in [0.5, 0.6) is 0 Å². The van der Waals surface area contributed by atoms with Crippen LogP contribution in [0.4, 0.5) is 5.82 Å². The number of nitrogens with zero attached hydrogens (tertiary/aromatic N) is 3. The summed E-state index contributed by atoms with van der Waals surface area (Å²) in [6, 6.07) is 17.3. The molecule has 0 spiro atoms.